The third kappa shape index (κ3) is 5.70. The Kier molecular flexibility index (Phi) is 7.85. The van der Waals surface area contributed by atoms with Crippen molar-refractivity contribution in [1.29, 1.82) is 0 Å². The van der Waals surface area contributed by atoms with Gasteiger partial charge in [-0.3, -0.25) is 4.79 Å². The van der Waals surface area contributed by atoms with Gasteiger partial charge in [-0.25, -0.2) is 8.42 Å². The number of carbonyl (C=O) groups is 1. The summed E-state index contributed by atoms with van der Waals surface area (Å²) >= 11 is 1.11. The van der Waals surface area contributed by atoms with Crippen LogP contribution in [0.5, 0.6) is 11.5 Å². The number of benzene rings is 1. The van der Waals surface area contributed by atoms with Crippen LogP contribution in [0.3, 0.4) is 0 Å². The number of hydrogen-bond donors (Lipinski definition) is 2. The first-order valence-corrected chi connectivity index (χ1v) is 11.3. The van der Waals surface area contributed by atoms with Crippen LogP contribution in [0.15, 0.2) is 39.9 Å². The van der Waals surface area contributed by atoms with E-state index in [0.717, 1.165) is 16.9 Å². The van der Waals surface area contributed by atoms with Crippen molar-refractivity contribution >= 4 is 27.3 Å². The summed E-state index contributed by atoms with van der Waals surface area (Å²) in [6.45, 7) is 6.23. The number of rotatable bonds is 10. The molecule has 0 unspecified atom stereocenters. The molecule has 9 heteroatoms. The largest absolute Gasteiger partial charge is 0.493 e. The van der Waals surface area contributed by atoms with Crippen LogP contribution in [0, 0.1) is 5.92 Å². The summed E-state index contributed by atoms with van der Waals surface area (Å²) in [4.78, 5) is 12.6. The third-order valence-corrected chi connectivity index (χ3v) is 6.82. The van der Waals surface area contributed by atoms with Crippen molar-refractivity contribution in [2.75, 3.05) is 13.7 Å². The summed E-state index contributed by atoms with van der Waals surface area (Å²) < 4.78 is 38.4. The molecule has 1 atom stereocenters. The second-order valence-electron chi connectivity index (χ2n) is 6.41. The van der Waals surface area contributed by atoms with Gasteiger partial charge in [0, 0.05) is 6.54 Å². The fourth-order valence-electron chi connectivity index (χ4n) is 2.53. The first kappa shape index (κ1) is 22.2. The van der Waals surface area contributed by atoms with E-state index in [9.17, 15) is 13.2 Å². The maximum atomic E-state index is 12.6. The molecular weight excluding hydrogens is 400 g/mol. The zero-order valence-corrected chi connectivity index (χ0v) is 18.0. The molecule has 2 rings (SSSR count). The van der Waals surface area contributed by atoms with Gasteiger partial charge in [0.15, 0.2) is 11.5 Å². The topological polar surface area (TPSA) is 93.7 Å². The highest BCUT2D eigenvalue weighted by Crippen LogP contribution is 2.28. The Bertz CT molecular complexity index is 880. The molecule has 0 bridgehead atoms. The lowest BCUT2D eigenvalue weighted by molar-refractivity contribution is -0.123. The standard InChI is InChI=1S/C19H26N2O5S2/c1-5-26-15-9-8-14(11-16(15)25-4)12-20-19(22)18(13(2)3)21-28(23,24)17-7-6-10-27-17/h6-11,13,18,21H,5,12H2,1-4H3,(H,20,22)/t18-/m1/s1. The first-order valence-electron chi connectivity index (χ1n) is 8.91. The zero-order chi connectivity index (χ0) is 20.7. The van der Waals surface area contributed by atoms with Gasteiger partial charge in [-0.2, -0.15) is 4.72 Å². The van der Waals surface area contributed by atoms with Crippen LogP contribution in [0.2, 0.25) is 0 Å². The van der Waals surface area contributed by atoms with Crippen LogP contribution < -0.4 is 19.5 Å². The minimum atomic E-state index is -3.74. The normalized spacial score (nSPS) is 12.6. The summed E-state index contributed by atoms with van der Waals surface area (Å²) in [6, 6.07) is 7.68. The van der Waals surface area contributed by atoms with Crippen molar-refractivity contribution in [3.05, 3.63) is 41.3 Å². The molecule has 28 heavy (non-hydrogen) atoms. The number of methoxy groups -OCH3 is 1. The lowest BCUT2D eigenvalue weighted by Crippen LogP contribution is -2.49. The van der Waals surface area contributed by atoms with Crippen molar-refractivity contribution in [3.63, 3.8) is 0 Å². The maximum absolute atomic E-state index is 12.6. The molecule has 0 fully saturated rings. The molecule has 0 saturated heterocycles. The number of hydrogen-bond acceptors (Lipinski definition) is 6. The van der Waals surface area contributed by atoms with Gasteiger partial charge in [0.25, 0.3) is 10.0 Å². The van der Waals surface area contributed by atoms with E-state index in [2.05, 4.69) is 10.0 Å². The Labute approximate surface area is 170 Å². The Morgan fingerprint density at radius 1 is 1.21 bits per heavy atom. The summed E-state index contributed by atoms with van der Waals surface area (Å²) in [5.74, 6) is 0.601. The van der Waals surface area contributed by atoms with E-state index in [1.807, 2.05) is 13.0 Å². The molecule has 0 aliphatic rings. The zero-order valence-electron chi connectivity index (χ0n) is 16.4. The quantitative estimate of drug-likeness (QED) is 0.609. The Hall–Kier alpha value is -2.10. The number of amides is 1. The van der Waals surface area contributed by atoms with Crippen LogP contribution in [-0.4, -0.2) is 34.1 Å². The van der Waals surface area contributed by atoms with Crippen molar-refractivity contribution in [2.24, 2.45) is 5.92 Å². The summed E-state index contributed by atoms with van der Waals surface area (Å²) in [6.07, 6.45) is 0. The number of thiophene rings is 1. The molecule has 2 aromatic rings. The highest BCUT2D eigenvalue weighted by atomic mass is 32.2. The van der Waals surface area contributed by atoms with Crippen LogP contribution in [0.25, 0.3) is 0 Å². The Morgan fingerprint density at radius 3 is 2.54 bits per heavy atom. The van der Waals surface area contributed by atoms with Gasteiger partial charge in [0.05, 0.1) is 13.7 Å². The van der Waals surface area contributed by atoms with E-state index >= 15 is 0 Å². The SMILES string of the molecule is CCOc1ccc(CNC(=O)[C@H](NS(=O)(=O)c2cccs2)C(C)C)cc1OC. The Balaban J connectivity index is 2.07. The van der Waals surface area contributed by atoms with Crippen LogP contribution in [0.4, 0.5) is 0 Å². The second kappa shape index (κ2) is 9.90. The van der Waals surface area contributed by atoms with Gasteiger partial charge in [-0.15, -0.1) is 11.3 Å². The van der Waals surface area contributed by atoms with E-state index in [4.69, 9.17) is 9.47 Å². The molecular formula is C19H26N2O5S2. The molecule has 1 aromatic carbocycles. The average molecular weight is 427 g/mol. The highest BCUT2D eigenvalue weighted by Gasteiger charge is 2.28. The smallest absolute Gasteiger partial charge is 0.250 e. The van der Waals surface area contributed by atoms with Gasteiger partial charge >= 0.3 is 0 Å². The second-order valence-corrected chi connectivity index (χ2v) is 9.30. The summed E-state index contributed by atoms with van der Waals surface area (Å²) in [5, 5.41) is 4.47. The van der Waals surface area contributed by atoms with E-state index in [1.165, 1.54) is 6.07 Å². The molecule has 1 aromatic heterocycles. The van der Waals surface area contributed by atoms with E-state index in [1.54, 1.807) is 44.5 Å². The first-order chi connectivity index (χ1) is 13.3. The van der Waals surface area contributed by atoms with Crippen molar-refractivity contribution in [1.82, 2.24) is 10.0 Å². The predicted molar refractivity (Wildman–Crippen MR) is 109 cm³/mol. The molecule has 0 saturated carbocycles. The molecule has 0 aliphatic heterocycles. The van der Waals surface area contributed by atoms with E-state index in [0.29, 0.717) is 18.1 Å². The third-order valence-electron chi connectivity index (χ3n) is 3.99. The van der Waals surface area contributed by atoms with Crippen LogP contribution in [0.1, 0.15) is 26.3 Å². The fraction of sp³-hybridized carbons (Fsp3) is 0.421. The Morgan fingerprint density at radius 2 is 1.96 bits per heavy atom. The summed E-state index contributed by atoms with van der Waals surface area (Å²) in [7, 11) is -2.19. The number of carbonyl (C=O) groups excluding carboxylic acids is 1. The number of nitrogens with one attached hydrogen (secondary N) is 2. The van der Waals surface area contributed by atoms with Gasteiger partial charge in [-0.05, 0) is 42.0 Å². The van der Waals surface area contributed by atoms with E-state index < -0.39 is 16.1 Å². The minimum absolute atomic E-state index is 0.183. The monoisotopic (exact) mass is 426 g/mol. The predicted octanol–water partition coefficient (Wildman–Crippen LogP) is 2.77. The molecule has 2 N–H and O–H groups in total. The minimum Gasteiger partial charge on any atom is -0.493 e. The van der Waals surface area contributed by atoms with Gasteiger partial charge in [-0.1, -0.05) is 26.0 Å². The van der Waals surface area contributed by atoms with Gasteiger partial charge in [0.1, 0.15) is 10.3 Å². The molecule has 0 spiro atoms. The molecule has 1 amide bonds. The van der Waals surface area contributed by atoms with Gasteiger partial charge < -0.3 is 14.8 Å². The summed E-state index contributed by atoms with van der Waals surface area (Å²) in [5.41, 5.74) is 0.817. The van der Waals surface area contributed by atoms with Crippen molar-refractivity contribution < 1.29 is 22.7 Å². The molecule has 0 aliphatic carbocycles. The lowest BCUT2D eigenvalue weighted by atomic mass is 10.0. The molecule has 154 valence electrons. The molecule has 1 heterocycles. The van der Waals surface area contributed by atoms with E-state index in [-0.39, 0.29) is 22.6 Å². The average Bonchev–Trinajstić information content (AvgIpc) is 3.21. The number of sulfonamides is 1. The van der Waals surface area contributed by atoms with Crippen molar-refractivity contribution in [3.8, 4) is 11.5 Å². The maximum Gasteiger partial charge on any atom is 0.250 e. The number of ether oxygens (including phenoxy) is 2. The lowest BCUT2D eigenvalue weighted by Gasteiger charge is -2.21. The highest BCUT2D eigenvalue weighted by molar-refractivity contribution is 7.91. The van der Waals surface area contributed by atoms with Crippen LogP contribution in [-0.2, 0) is 21.4 Å². The fourth-order valence-corrected chi connectivity index (χ4v) is 4.88. The van der Waals surface area contributed by atoms with Gasteiger partial charge in [0.2, 0.25) is 5.91 Å². The molecule has 0 radical (unpaired) electrons. The van der Waals surface area contributed by atoms with Crippen LogP contribution >= 0.6 is 11.3 Å². The van der Waals surface area contributed by atoms with Crippen molar-refractivity contribution in [2.45, 2.75) is 37.6 Å². The molecule has 7 nitrogen and oxygen atoms in total.